The standard InChI is InChI=1S/C61H113NO5/c1-3-5-7-9-11-13-15-17-19-21-23-25-27-29-31-33-35-37-39-41-43-45-47-49-51-53-55-59(65)61(67)62-57(56-63)60(66)58(64)54-52-50-48-46-44-42-40-38-36-34-32-30-28-26-24-22-20-18-16-14-12-10-8-6-4-2/h23,25,29-32,38,40,46,48,57-60,63-66H,3-22,24,26-28,33-37,39,41-45,47,49-56H2,1-2H3,(H,62,67)/b25-23-,31-29-,32-30+,40-38+,48-46+. The van der Waals surface area contributed by atoms with Gasteiger partial charge in [-0.05, 0) is 96.3 Å². The molecule has 0 rings (SSSR count). The maximum atomic E-state index is 12.6. The van der Waals surface area contributed by atoms with Crippen molar-refractivity contribution < 1.29 is 25.2 Å². The van der Waals surface area contributed by atoms with Gasteiger partial charge in [-0.1, -0.05) is 254 Å². The summed E-state index contributed by atoms with van der Waals surface area (Å²) in [5.74, 6) is -0.601. The Kier molecular flexibility index (Phi) is 53.3. The molecular weight excluding hydrogens is 827 g/mol. The lowest BCUT2D eigenvalue weighted by molar-refractivity contribution is -0.132. The maximum Gasteiger partial charge on any atom is 0.249 e. The van der Waals surface area contributed by atoms with Crippen LogP contribution in [0.3, 0.4) is 0 Å². The van der Waals surface area contributed by atoms with Gasteiger partial charge in [0.1, 0.15) is 12.2 Å². The zero-order valence-electron chi connectivity index (χ0n) is 44.4. The molecule has 0 aromatic rings. The Hall–Kier alpha value is -1.99. The normalized spacial score (nSPS) is 14.2. The molecule has 4 unspecified atom stereocenters. The van der Waals surface area contributed by atoms with Crippen molar-refractivity contribution in [2.45, 2.75) is 314 Å². The second-order valence-electron chi connectivity index (χ2n) is 20.0. The van der Waals surface area contributed by atoms with Gasteiger partial charge in [0.25, 0.3) is 0 Å². The third-order valence-corrected chi connectivity index (χ3v) is 13.4. The first-order valence-electron chi connectivity index (χ1n) is 29.2. The molecule has 0 heterocycles. The van der Waals surface area contributed by atoms with E-state index in [0.717, 1.165) is 57.8 Å². The van der Waals surface area contributed by atoms with Crippen LogP contribution in [0.4, 0.5) is 0 Å². The number of carbonyl (C=O) groups is 1. The SMILES string of the molecule is CCCCCCCCCCC/C=C\C/C=C\CCCCCCCCCCCCC(O)C(=O)NC(CO)C(O)C(O)CCC/C=C/CC/C=C/CC/C=C/CCCCCCCCCCCCCC. The molecular formula is C61H113NO5. The van der Waals surface area contributed by atoms with Crippen molar-refractivity contribution in [2.24, 2.45) is 0 Å². The number of nitrogens with one attached hydrogen (secondary N) is 1. The molecule has 0 aliphatic carbocycles. The molecule has 0 saturated carbocycles. The summed E-state index contributed by atoms with van der Waals surface area (Å²) < 4.78 is 0. The Morgan fingerprint density at radius 1 is 0.373 bits per heavy atom. The number of hydrogen-bond donors (Lipinski definition) is 5. The first-order valence-corrected chi connectivity index (χ1v) is 29.2. The van der Waals surface area contributed by atoms with Crippen molar-refractivity contribution in [3.05, 3.63) is 60.8 Å². The molecule has 5 N–H and O–H groups in total. The summed E-state index contributed by atoms with van der Waals surface area (Å²) in [5, 5.41) is 44.0. The minimum Gasteiger partial charge on any atom is -0.394 e. The van der Waals surface area contributed by atoms with Crippen LogP contribution in [0.25, 0.3) is 0 Å². The number of carbonyl (C=O) groups excluding carboxylic acids is 1. The average Bonchev–Trinajstić information content (AvgIpc) is 3.33. The van der Waals surface area contributed by atoms with Crippen molar-refractivity contribution in [3.63, 3.8) is 0 Å². The van der Waals surface area contributed by atoms with Gasteiger partial charge in [-0.3, -0.25) is 4.79 Å². The molecule has 4 atom stereocenters. The highest BCUT2D eigenvalue weighted by Crippen LogP contribution is 2.16. The molecule has 6 nitrogen and oxygen atoms in total. The van der Waals surface area contributed by atoms with Crippen LogP contribution in [-0.4, -0.2) is 57.3 Å². The third-order valence-electron chi connectivity index (χ3n) is 13.4. The predicted molar refractivity (Wildman–Crippen MR) is 293 cm³/mol. The highest BCUT2D eigenvalue weighted by molar-refractivity contribution is 5.80. The van der Waals surface area contributed by atoms with E-state index in [9.17, 15) is 25.2 Å². The molecule has 0 saturated heterocycles. The van der Waals surface area contributed by atoms with E-state index < -0.39 is 36.9 Å². The molecule has 0 aliphatic heterocycles. The van der Waals surface area contributed by atoms with E-state index in [4.69, 9.17) is 0 Å². The second kappa shape index (κ2) is 54.9. The molecule has 0 radical (unpaired) electrons. The molecule has 392 valence electrons. The zero-order valence-corrected chi connectivity index (χ0v) is 44.4. The summed E-state index contributed by atoms with van der Waals surface area (Å²) >= 11 is 0. The average molecular weight is 941 g/mol. The lowest BCUT2D eigenvalue weighted by Gasteiger charge is -2.27. The lowest BCUT2D eigenvalue weighted by atomic mass is 10.00. The summed E-state index contributed by atoms with van der Waals surface area (Å²) in [6, 6.07) is -1.02. The van der Waals surface area contributed by atoms with Gasteiger partial charge in [0, 0.05) is 0 Å². The Morgan fingerprint density at radius 2 is 0.672 bits per heavy atom. The van der Waals surface area contributed by atoms with Crippen LogP contribution in [0.2, 0.25) is 0 Å². The van der Waals surface area contributed by atoms with E-state index in [1.165, 1.54) is 199 Å². The summed E-state index contributed by atoms with van der Waals surface area (Å²) in [7, 11) is 0. The van der Waals surface area contributed by atoms with Gasteiger partial charge in [0.2, 0.25) is 5.91 Å². The Labute approximate surface area is 416 Å². The Morgan fingerprint density at radius 3 is 1.03 bits per heavy atom. The first kappa shape index (κ1) is 65.0. The van der Waals surface area contributed by atoms with E-state index >= 15 is 0 Å². The molecule has 0 aromatic carbocycles. The van der Waals surface area contributed by atoms with E-state index in [1.54, 1.807) is 0 Å². The van der Waals surface area contributed by atoms with Crippen LogP contribution in [-0.2, 0) is 4.79 Å². The molecule has 67 heavy (non-hydrogen) atoms. The van der Waals surface area contributed by atoms with E-state index in [0.29, 0.717) is 19.3 Å². The fourth-order valence-corrected chi connectivity index (χ4v) is 8.82. The number of aliphatic hydroxyl groups excluding tert-OH is 4. The van der Waals surface area contributed by atoms with Gasteiger partial charge < -0.3 is 25.7 Å². The first-order chi connectivity index (χ1) is 33.0. The molecule has 1 amide bonds. The van der Waals surface area contributed by atoms with Gasteiger partial charge in [-0.25, -0.2) is 0 Å². The molecule has 0 bridgehead atoms. The predicted octanol–water partition coefficient (Wildman–Crippen LogP) is 17.1. The fourth-order valence-electron chi connectivity index (χ4n) is 8.82. The van der Waals surface area contributed by atoms with Crippen LogP contribution >= 0.6 is 0 Å². The van der Waals surface area contributed by atoms with Gasteiger partial charge in [0.05, 0.1) is 18.8 Å². The summed E-state index contributed by atoms with van der Waals surface area (Å²) in [4.78, 5) is 12.6. The zero-order chi connectivity index (χ0) is 48.8. The summed E-state index contributed by atoms with van der Waals surface area (Å²) in [6.45, 7) is 4.06. The lowest BCUT2D eigenvalue weighted by Crippen LogP contribution is -2.53. The molecule has 0 fully saturated rings. The van der Waals surface area contributed by atoms with Gasteiger partial charge in [-0.2, -0.15) is 0 Å². The quantitative estimate of drug-likeness (QED) is 0.0308. The highest BCUT2D eigenvalue weighted by atomic mass is 16.3. The van der Waals surface area contributed by atoms with Crippen LogP contribution in [0, 0.1) is 0 Å². The third kappa shape index (κ3) is 48.8. The topological polar surface area (TPSA) is 110 Å². The van der Waals surface area contributed by atoms with Gasteiger partial charge in [-0.15, -0.1) is 0 Å². The van der Waals surface area contributed by atoms with Crippen LogP contribution in [0.15, 0.2) is 60.8 Å². The van der Waals surface area contributed by atoms with Crippen molar-refractivity contribution in [3.8, 4) is 0 Å². The fraction of sp³-hybridized carbons (Fsp3) is 0.820. The van der Waals surface area contributed by atoms with E-state index in [1.807, 2.05) is 0 Å². The number of aliphatic hydroxyl groups is 4. The van der Waals surface area contributed by atoms with Crippen LogP contribution < -0.4 is 5.32 Å². The second-order valence-corrected chi connectivity index (χ2v) is 20.0. The van der Waals surface area contributed by atoms with Crippen molar-refractivity contribution in [1.29, 1.82) is 0 Å². The van der Waals surface area contributed by atoms with E-state index in [2.05, 4.69) is 79.9 Å². The molecule has 6 heteroatoms. The smallest absolute Gasteiger partial charge is 0.249 e. The highest BCUT2D eigenvalue weighted by Gasteiger charge is 2.28. The van der Waals surface area contributed by atoms with Crippen molar-refractivity contribution >= 4 is 5.91 Å². The Bertz CT molecular complexity index is 1150. The number of allylic oxidation sites excluding steroid dienone is 10. The minimum atomic E-state index is -1.30. The van der Waals surface area contributed by atoms with E-state index in [-0.39, 0.29) is 0 Å². The summed E-state index contributed by atoms with van der Waals surface area (Å²) in [6.07, 6.45) is 71.5. The minimum absolute atomic E-state index is 0.353. The monoisotopic (exact) mass is 940 g/mol. The number of rotatable bonds is 53. The number of amides is 1. The van der Waals surface area contributed by atoms with Crippen molar-refractivity contribution in [1.82, 2.24) is 5.32 Å². The van der Waals surface area contributed by atoms with Gasteiger partial charge in [0.15, 0.2) is 0 Å². The van der Waals surface area contributed by atoms with Gasteiger partial charge >= 0.3 is 0 Å². The van der Waals surface area contributed by atoms with Crippen LogP contribution in [0.1, 0.15) is 290 Å². The molecule has 0 aliphatic rings. The summed E-state index contributed by atoms with van der Waals surface area (Å²) in [5.41, 5.74) is 0. The maximum absolute atomic E-state index is 12.6. The van der Waals surface area contributed by atoms with Crippen molar-refractivity contribution in [2.75, 3.05) is 6.61 Å². The number of hydrogen-bond acceptors (Lipinski definition) is 5. The largest absolute Gasteiger partial charge is 0.394 e. The molecule has 0 aromatic heterocycles. The molecule has 0 spiro atoms. The van der Waals surface area contributed by atoms with Crippen LogP contribution in [0.5, 0.6) is 0 Å². The number of unbranched alkanes of at least 4 members (excludes halogenated alkanes) is 34. The Balaban J connectivity index is 3.72.